The Morgan fingerprint density at radius 2 is 1.95 bits per heavy atom. The summed E-state index contributed by atoms with van der Waals surface area (Å²) >= 11 is 0. The molecular formula is C30H33F3N4O4. The lowest BCUT2D eigenvalue weighted by molar-refractivity contribution is -0.140. The van der Waals surface area contributed by atoms with E-state index < -0.39 is 29.4 Å². The highest BCUT2D eigenvalue weighted by Gasteiger charge is 2.41. The predicted octanol–water partition coefficient (Wildman–Crippen LogP) is 4.97. The number of carbonyl (C=O) groups excluding carboxylic acids is 1. The van der Waals surface area contributed by atoms with Crippen molar-refractivity contribution in [3.63, 3.8) is 0 Å². The molecule has 0 bridgehead atoms. The van der Waals surface area contributed by atoms with E-state index in [1.807, 2.05) is 6.07 Å². The Morgan fingerprint density at radius 3 is 2.66 bits per heavy atom. The molecule has 2 aromatic carbocycles. The molecule has 41 heavy (non-hydrogen) atoms. The summed E-state index contributed by atoms with van der Waals surface area (Å²) in [5.41, 5.74) is 0.354. The molecule has 218 valence electrons. The molecule has 3 aliphatic heterocycles. The van der Waals surface area contributed by atoms with Crippen LogP contribution in [0.25, 0.3) is 10.9 Å². The third kappa shape index (κ3) is 4.99. The van der Waals surface area contributed by atoms with Crippen LogP contribution in [-0.4, -0.2) is 58.8 Å². The number of nitrogens with zero attached hydrogens (tertiary/aromatic N) is 3. The van der Waals surface area contributed by atoms with E-state index in [-0.39, 0.29) is 17.4 Å². The number of piperidine rings is 1. The lowest BCUT2D eigenvalue weighted by Crippen LogP contribution is -2.47. The van der Waals surface area contributed by atoms with Gasteiger partial charge in [-0.3, -0.25) is 4.79 Å². The molecule has 0 radical (unpaired) electrons. The van der Waals surface area contributed by atoms with Crippen molar-refractivity contribution in [3.8, 4) is 5.75 Å². The minimum absolute atomic E-state index is 0.0667. The summed E-state index contributed by atoms with van der Waals surface area (Å²) in [6.07, 6.45) is -0.937. The van der Waals surface area contributed by atoms with Crippen LogP contribution in [-0.2, 0) is 21.6 Å². The number of aromatic nitrogens is 2. The predicted molar refractivity (Wildman–Crippen MR) is 146 cm³/mol. The zero-order valence-corrected chi connectivity index (χ0v) is 23.1. The average molecular weight is 571 g/mol. The molecule has 2 atom stereocenters. The number of halogens is 3. The van der Waals surface area contributed by atoms with Crippen LogP contribution < -0.4 is 10.1 Å². The van der Waals surface area contributed by atoms with Crippen molar-refractivity contribution < 1.29 is 32.5 Å². The molecule has 0 spiro atoms. The molecule has 2 fully saturated rings. The van der Waals surface area contributed by atoms with E-state index in [9.17, 15) is 23.1 Å². The van der Waals surface area contributed by atoms with Crippen molar-refractivity contribution in [2.24, 2.45) is 5.92 Å². The zero-order chi connectivity index (χ0) is 28.9. The van der Waals surface area contributed by atoms with Crippen LogP contribution in [0.3, 0.4) is 0 Å². The van der Waals surface area contributed by atoms with Crippen LogP contribution in [0.5, 0.6) is 5.75 Å². The number of hydrogen-bond acceptors (Lipinski definition) is 7. The lowest BCUT2D eigenvalue weighted by Gasteiger charge is -2.40. The van der Waals surface area contributed by atoms with Gasteiger partial charge in [-0.25, -0.2) is 23.1 Å². The van der Waals surface area contributed by atoms with Gasteiger partial charge >= 0.3 is 0 Å². The maximum Gasteiger partial charge on any atom is 0.266 e. The van der Waals surface area contributed by atoms with Gasteiger partial charge in [0.25, 0.3) is 6.43 Å². The van der Waals surface area contributed by atoms with Gasteiger partial charge in [0.15, 0.2) is 0 Å². The number of hydrogen-bond donors (Lipinski definition) is 2. The quantitative estimate of drug-likeness (QED) is 0.432. The van der Waals surface area contributed by atoms with E-state index >= 15 is 0 Å². The van der Waals surface area contributed by atoms with Gasteiger partial charge in [-0.1, -0.05) is 18.2 Å². The van der Waals surface area contributed by atoms with Crippen LogP contribution in [0.15, 0.2) is 24.3 Å². The number of alkyl halides is 2. The lowest BCUT2D eigenvalue weighted by atomic mass is 9.82. The van der Waals surface area contributed by atoms with Crippen LogP contribution in [0.1, 0.15) is 66.7 Å². The molecule has 2 saturated heterocycles. The number of rotatable bonds is 6. The number of aryl methyl sites for hydroxylation is 1. The van der Waals surface area contributed by atoms with Gasteiger partial charge in [0.05, 0.1) is 41.9 Å². The van der Waals surface area contributed by atoms with Crippen LogP contribution in [0.2, 0.25) is 0 Å². The molecule has 0 unspecified atom stereocenters. The minimum Gasteiger partial charge on any atom is -0.492 e. The minimum atomic E-state index is -2.93. The SMILES string of the molecule is Cc1nc(N[C@H](C)c2cccc(C(F)F)c2F)c2cc(C3(O)CCN(C(=O)[C@@H]4CCOC4)CC3)c3c(c2n1)CCO3. The smallest absolute Gasteiger partial charge is 0.266 e. The highest BCUT2D eigenvalue weighted by molar-refractivity contribution is 5.94. The van der Waals surface area contributed by atoms with Crippen molar-refractivity contribution in [2.45, 2.75) is 57.6 Å². The standard InChI is InChI=1S/C30H33F3N4O4/c1-16(19-4-3-5-20(24(19)31)27(32)33)34-28-22-14-23(26-21(7-13-41-26)25(22)35-17(2)36-28)30(39)8-10-37(11-9-30)29(38)18-6-12-40-15-18/h3-5,14,16,18,27,39H,6-13,15H2,1-2H3,(H,34,35,36)/t16-,18-/m1/s1. The Kier molecular flexibility index (Phi) is 7.27. The maximum absolute atomic E-state index is 15.0. The Bertz CT molecular complexity index is 1490. The number of fused-ring (bicyclic) bond motifs is 3. The first-order valence-electron chi connectivity index (χ1n) is 14.1. The topological polar surface area (TPSA) is 96.8 Å². The van der Waals surface area contributed by atoms with Crippen molar-refractivity contribution >= 4 is 22.6 Å². The molecular weight excluding hydrogens is 537 g/mol. The average Bonchev–Trinajstić information content (AvgIpc) is 3.66. The van der Waals surface area contributed by atoms with Crippen molar-refractivity contribution in [2.75, 3.05) is 38.2 Å². The van der Waals surface area contributed by atoms with Gasteiger partial charge in [0.1, 0.15) is 23.2 Å². The summed E-state index contributed by atoms with van der Waals surface area (Å²) in [6.45, 7) is 5.72. The summed E-state index contributed by atoms with van der Waals surface area (Å²) in [6, 6.07) is 5.10. The Hall–Kier alpha value is -3.44. The summed E-state index contributed by atoms with van der Waals surface area (Å²) in [5, 5.41) is 15.8. The first-order chi connectivity index (χ1) is 19.7. The Morgan fingerprint density at radius 1 is 1.20 bits per heavy atom. The molecule has 1 amide bonds. The number of nitrogens with one attached hydrogen (secondary N) is 1. The number of anilines is 1. The number of amides is 1. The molecule has 6 rings (SSSR count). The molecule has 3 aromatic rings. The summed E-state index contributed by atoms with van der Waals surface area (Å²) in [4.78, 5) is 24.0. The Balaban J connectivity index is 1.35. The molecule has 3 aliphatic rings. The molecule has 2 N–H and O–H groups in total. The molecule has 8 nitrogen and oxygen atoms in total. The monoisotopic (exact) mass is 570 g/mol. The molecule has 0 saturated carbocycles. The van der Waals surface area contributed by atoms with E-state index in [4.69, 9.17) is 9.47 Å². The second kappa shape index (κ2) is 10.8. The molecule has 4 heterocycles. The number of benzene rings is 2. The van der Waals surface area contributed by atoms with Crippen molar-refractivity contribution in [3.05, 3.63) is 58.2 Å². The van der Waals surface area contributed by atoms with Gasteiger partial charge in [-0.2, -0.15) is 0 Å². The van der Waals surface area contributed by atoms with E-state index in [0.29, 0.717) is 86.0 Å². The van der Waals surface area contributed by atoms with E-state index in [1.165, 1.54) is 12.1 Å². The first kappa shape index (κ1) is 27.7. The third-order valence-corrected chi connectivity index (χ3v) is 8.54. The van der Waals surface area contributed by atoms with E-state index in [2.05, 4.69) is 15.3 Å². The Labute approximate surface area is 235 Å². The molecule has 11 heteroatoms. The highest BCUT2D eigenvalue weighted by atomic mass is 19.3. The number of ether oxygens (including phenoxy) is 2. The summed E-state index contributed by atoms with van der Waals surface area (Å²) in [7, 11) is 0. The van der Waals surface area contributed by atoms with Gasteiger partial charge in [-0.05, 0) is 39.2 Å². The maximum atomic E-state index is 15.0. The third-order valence-electron chi connectivity index (χ3n) is 8.54. The number of likely N-dealkylation sites (tertiary alicyclic amines) is 1. The van der Waals surface area contributed by atoms with Crippen LogP contribution in [0, 0.1) is 18.7 Å². The number of aliphatic hydroxyl groups is 1. The molecule has 0 aliphatic carbocycles. The van der Waals surface area contributed by atoms with E-state index in [1.54, 1.807) is 18.7 Å². The molecule has 1 aromatic heterocycles. The van der Waals surface area contributed by atoms with Gasteiger partial charge in [0.2, 0.25) is 5.91 Å². The summed E-state index contributed by atoms with van der Waals surface area (Å²) < 4.78 is 53.1. The normalized spacial score (nSPS) is 20.8. The van der Waals surface area contributed by atoms with Crippen LogP contribution in [0.4, 0.5) is 19.0 Å². The second-order valence-electron chi connectivity index (χ2n) is 11.2. The summed E-state index contributed by atoms with van der Waals surface area (Å²) in [5.74, 6) is 0.491. The van der Waals surface area contributed by atoms with Gasteiger partial charge in [0, 0.05) is 48.2 Å². The largest absolute Gasteiger partial charge is 0.492 e. The highest BCUT2D eigenvalue weighted by Crippen LogP contribution is 2.46. The van der Waals surface area contributed by atoms with Gasteiger partial charge in [-0.15, -0.1) is 0 Å². The fourth-order valence-corrected chi connectivity index (χ4v) is 6.24. The zero-order valence-electron chi connectivity index (χ0n) is 23.1. The van der Waals surface area contributed by atoms with Gasteiger partial charge < -0.3 is 24.8 Å². The number of carbonyl (C=O) groups is 1. The fourth-order valence-electron chi connectivity index (χ4n) is 6.24. The first-order valence-corrected chi connectivity index (χ1v) is 14.1. The fraction of sp³-hybridized carbons (Fsp3) is 0.500. The second-order valence-corrected chi connectivity index (χ2v) is 11.2. The van der Waals surface area contributed by atoms with Crippen LogP contribution >= 0.6 is 0 Å². The van der Waals surface area contributed by atoms with E-state index in [0.717, 1.165) is 18.1 Å². The van der Waals surface area contributed by atoms with Crippen molar-refractivity contribution in [1.29, 1.82) is 0 Å². The van der Waals surface area contributed by atoms with Crippen molar-refractivity contribution in [1.82, 2.24) is 14.9 Å².